The van der Waals surface area contributed by atoms with Crippen LogP contribution >= 0.6 is 0 Å². The van der Waals surface area contributed by atoms with Crippen LogP contribution in [0.5, 0.6) is 0 Å². The van der Waals surface area contributed by atoms with E-state index in [-0.39, 0.29) is 0 Å². The van der Waals surface area contributed by atoms with Crippen molar-refractivity contribution in [3.63, 3.8) is 0 Å². The molecule has 0 aromatic heterocycles. The molecule has 2 heteroatoms. The topological polar surface area (TPSA) is 29.3 Å². The molecule has 0 bridgehead atoms. The second-order valence-electron chi connectivity index (χ2n) is 7.81. The summed E-state index contributed by atoms with van der Waals surface area (Å²) in [5, 5.41) is 0. The van der Waals surface area contributed by atoms with Gasteiger partial charge in [-0.2, -0.15) is 0 Å². The van der Waals surface area contributed by atoms with Crippen LogP contribution < -0.4 is 5.73 Å². The van der Waals surface area contributed by atoms with Crippen LogP contribution in [0, 0.1) is 16.7 Å². The highest BCUT2D eigenvalue weighted by Gasteiger charge is 2.43. The SMILES string of the molecule is CC(C)(C)C1CCCN(CC2(CCN)CC2)CC1. The van der Waals surface area contributed by atoms with Crippen LogP contribution in [0.25, 0.3) is 0 Å². The van der Waals surface area contributed by atoms with Crippen LogP contribution in [-0.4, -0.2) is 31.1 Å². The number of hydrogen-bond donors (Lipinski definition) is 1. The smallest absolute Gasteiger partial charge is 0.00385 e. The zero-order valence-electron chi connectivity index (χ0n) is 12.7. The van der Waals surface area contributed by atoms with Gasteiger partial charge in [-0.1, -0.05) is 20.8 Å². The van der Waals surface area contributed by atoms with E-state index in [4.69, 9.17) is 5.73 Å². The summed E-state index contributed by atoms with van der Waals surface area (Å²) in [5.74, 6) is 0.909. The first-order valence-corrected chi connectivity index (χ1v) is 7.88. The molecular weight excluding hydrogens is 220 g/mol. The maximum Gasteiger partial charge on any atom is 0.00385 e. The first-order chi connectivity index (χ1) is 8.45. The molecule has 1 atom stereocenters. The van der Waals surface area contributed by atoms with E-state index in [1.54, 1.807) is 0 Å². The minimum absolute atomic E-state index is 0.491. The molecule has 106 valence electrons. The molecule has 0 aromatic rings. The molecule has 1 aliphatic carbocycles. The maximum atomic E-state index is 5.75. The number of rotatable bonds is 4. The zero-order valence-corrected chi connectivity index (χ0v) is 12.7. The molecule has 0 amide bonds. The van der Waals surface area contributed by atoms with E-state index < -0.39 is 0 Å². The van der Waals surface area contributed by atoms with Gasteiger partial charge in [0.2, 0.25) is 0 Å². The third kappa shape index (κ3) is 3.71. The van der Waals surface area contributed by atoms with Crippen molar-refractivity contribution in [3.05, 3.63) is 0 Å². The monoisotopic (exact) mass is 252 g/mol. The van der Waals surface area contributed by atoms with Crippen LogP contribution in [0.2, 0.25) is 0 Å². The number of nitrogens with zero attached hydrogens (tertiary/aromatic N) is 1. The van der Waals surface area contributed by atoms with Crippen molar-refractivity contribution in [2.75, 3.05) is 26.2 Å². The van der Waals surface area contributed by atoms with Crippen LogP contribution in [-0.2, 0) is 0 Å². The van der Waals surface area contributed by atoms with Crippen molar-refractivity contribution >= 4 is 0 Å². The lowest BCUT2D eigenvalue weighted by molar-refractivity contribution is 0.193. The summed E-state index contributed by atoms with van der Waals surface area (Å²) in [4.78, 5) is 2.73. The van der Waals surface area contributed by atoms with E-state index in [1.807, 2.05) is 0 Å². The van der Waals surface area contributed by atoms with Gasteiger partial charge in [-0.15, -0.1) is 0 Å². The molecule has 1 saturated heterocycles. The second-order valence-corrected chi connectivity index (χ2v) is 7.81. The van der Waals surface area contributed by atoms with E-state index in [0.29, 0.717) is 10.8 Å². The quantitative estimate of drug-likeness (QED) is 0.832. The summed E-state index contributed by atoms with van der Waals surface area (Å²) in [5.41, 5.74) is 6.86. The fraction of sp³-hybridized carbons (Fsp3) is 1.00. The molecule has 0 radical (unpaired) electrons. The molecule has 2 N–H and O–H groups in total. The van der Waals surface area contributed by atoms with Gasteiger partial charge >= 0.3 is 0 Å². The molecule has 1 heterocycles. The van der Waals surface area contributed by atoms with Crippen molar-refractivity contribution in [1.29, 1.82) is 0 Å². The Labute approximate surface area is 113 Å². The van der Waals surface area contributed by atoms with Gasteiger partial charge in [-0.3, -0.25) is 0 Å². The van der Waals surface area contributed by atoms with Crippen molar-refractivity contribution in [1.82, 2.24) is 4.90 Å². The van der Waals surface area contributed by atoms with Gasteiger partial charge in [0, 0.05) is 6.54 Å². The average Bonchev–Trinajstić information content (AvgIpc) is 3.03. The molecule has 0 spiro atoms. The lowest BCUT2D eigenvalue weighted by Crippen LogP contribution is -2.33. The molecule has 1 saturated carbocycles. The molecule has 2 aliphatic rings. The lowest BCUT2D eigenvalue weighted by atomic mass is 9.77. The Morgan fingerprint density at radius 2 is 1.89 bits per heavy atom. The minimum Gasteiger partial charge on any atom is -0.330 e. The Morgan fingerprint density at radius 1 is 1.17 bits per heavy atom. The Bertz CT molecular complexity index is 263. The summed E-state index contributed by atoms with van der Waals surface area (Å²) in [6.45, 7) is 12.0. The van der Waals surface area contributed by atoms with Crippen LogP contribution in [0.3, 0.4) is 0 Å². The summed E-state index contributed by atoms with van der Waals surface area (Å²) < 4.78 is 0. The maximum absolute atomic E-state index is 5.75. The Morgan fingerprint density at radius 3 is 2.44 bits per heavy atom. The van der Waals surface area contributed by atoms with Gasteiger partial charge in [0.1, 0.15) is 0 Å². The Hall–Kier alpha value is -0.0800. The van der Waals surface area contributed by atoms with Gasteiger partial charge in [0.25, 0.3) is 0 Å². The Balaban J connectivity index is 1.82. The molecule has 2 nitrogen and oxygen atoms in total. The molecule has 2 fully saturated rings. The van der Waals surface area contributed by atoms with Gasteiger partial charge in [0.05, 0.1) is 0 Å². The average molecular weight is 252 g/mol. The number of hydrogen-bond acceptors (Lipinski definition) is 2. The van der Waals surface area contributed by atoms with E-state index in [9.17, 15) is 0 Å². The summed E-state index contributed by atoms with van der Waals surface area (Å²) >= 11 is 0. The lowest BCUT2D eigenvalue weighted by Gasteiger charge is -2.30. The van der Waals surface area contributed by atoms with Gasteiger partial charge in [-0.05, 0) is 74.9 Å². The van der Waals surface area contributed by atoms with E-state index in [0.717, 1.165) is 12.5 Å². The van der Waals surface area contributed by atoms with E-state index in [2.05, 4.69) is 25.7 Å². The fourth-order valence-corrected chi connectivity index (χ4v) is 3.62. The normalized spacial score (nSPS) is 29.0. The first kappa shape index (κ1) is 14.3. The zero-order chi connectivity index (χ0) is 13.2. The predicted molar refractivity (Wildman–Crippen MR) is 78.6 cm³/mol. The van der Waals surface area contributed by atoms with Crippen LogP contribution in [0.1, 0.15) is 59.3 Å². The largest absolute Gasteiger partial charge is 0.330 e. The van der Waals surface area contributed by atoms with Crippen molar-refractivity contribution < 1.29 is 0 Å². The molecular formula is C16H32N2. The van der Waals surface area contributed by atoms with Crippen LogP contribution in [0.15, 0.2) is 0 Å². The number of likely N-dealkylation sites (tertiary alicyclic amines) is 1. The highest BCUT2D eigenvalue weighted by atomic mass is 15.1. The summed E-state index contributed by atoms with van der Waals surface area (Å²) in [6.07, 6.45) is 8.28. The second kappa shape index (κ2) is 5.50. The van der Waals surface area contributed by atoms with Gasteiger partial charge in [-0.25, -0.2) is 0 Å². The molecule has 2 rings (SSSR count). The van der Waals surface area contributed by atoms with Crippen molar-refractivity contribution in [3.8, 4) is 0 Å². The van der Waals surface area contributed by atoms with E-state index >= 15 is 0 Å². The van der Waals surface area contributed by atoms with Crippen molar-refractivity contribution in [2.24, 2.45) is 22.5 Å². The van der Waals surface area contributed by atoms with Crippen LogP contribution in [0.4, 0.5) is 0 Å². The van der Waals surface area contributed by atoms with Gasteiger partial charge < -0.3 is 10.6 Å². The third-order valence-corrected chi connectivity index (χ3v) is 5.24. The third-order valence-electron chi connectivity index (χ3n) is 5.24. The molecule has 18 heavy (non-hydrogen) atoms. The highest BCUT2D eigenvalue weighted by molar-refractivity contribution is 4.96. The van der Waals surface area contributed by atoms with Gasteiger partial charge in [0.15, 0.2) is 0 Å². The summed E-state index contributed by atoms with van der Waals surface area (Å²) in [7, 11) is 0. The molecule has 1 aliphatic heterocycles. The summed E-state index contributed by atoms with van der Waals surface area (Å²) in [6, 6.07) is 0. The van der Waals surface area contributed by atoms with Crippen molar-refractivity contribution in [2.45, 2.75) is 59.3 Å². The minimum atomic E-state index is 0.491. The first-order valence-electron chi connectivity index (χ1n) is 7.88. The Kier molecular flexibility index (Phi) is 4.38. The molecule has 1 unspecified atom stereocenters. The number of nitrogens with two attached hydrogens (primary N) is 1. The predicted octanol–water partition coefficient (Wildman–Crippen LogP) is 3.26. The standard InChI is InChI=1S/C16H32N2/c1-15(2,3)14-5-4-11-18(12-6-14)13-16(7-8-16)9-10-17/h14H,4-13,17H2,1-3H3. The highest BCUT2D eigenvalue weighted by Crippen LogP contribution is 2.49. The fourth-order valence-electron chi connectivity index (χ4n) is 3.62. The molecule has 0 aromatic carbocycles. The van der Waals surface area contributed by atoms with E-state index in [1.165, 1.54) is 58.2 Å².